The summed E-state index contributed by atoms with van der Waals surface area (Å²) in [4.78, 5) is 0. The topological polar surface area (TPSA) is 18.5 Å². The molecule has 0 aliphatic rings. The molecule has 0 fully saturated rings. The average molecular weight is 351 g/mol. The molecule has 0 aliphatic carbocycles. The Balaban J connectivity index is 1.56. The van der Waals surface area contributed by atoms with Gasteiger partial charge in [0.1, 0.15) is 0 Å². The van der Waals surface area contributed by atoms with E-state index in [1.165, 1.54) is 22.3 Å². The number of rotatable bonds is 11. The number of hydrogen-bond donors (Lipinski definition) is 0. The molecule has 2 rings (SSSR count). The lowest BCUT2D eigenvalue weighted by molar-refractivity contribution is 0.142. The predicted octanol–water partition coefficient (Wildman–Crippen LogP) is 6.09. The van der Waals surface area contributed by atoms with Gasteiger partial charge in [-0.3, -0.25) is 0 Å². The second kappa shape index (κ2) is 12.2. The summed E-state index contributed by atoms with van der Waals surface area (Å²) in [6.07, 6.45) is 6.60. The van der Waals surface area contributed by atoms with Gasteiger partial charge in [0.05, 0.1) is 26.4 Å². The molecule has 0 radical (unpaired) electrons. The Bertz CT molecular complexity index is 610. The van der Waals surface area contributed by atoms with Crippen molar-refractivity contribution in [2.24, 2.45) is 0 Å². The molecule has 0 heterocycles. The van der Waals surface area contributed by atoms with Gasteiger partial charge in [-0.15, -0.1) is 0 Å². The van der Waals surface area contributed by atoms with E-state index in [1.807, 2.05) is 36.4 Å². The first-order valence-electron chi connectivity index (χ1n) is 9.28. The maximum Gasteiger partial charge on any atom is 0.0721 e. The van der Waals surface area contributed by atoms with Crippen LogP contribution in [0, 0.1) is 0 Å². The summed E-state index contributed by atoms with van der Waals surface area (Å²) >= 11 is 0. The van der Waals surface area contributed by atoms with E-state index in [1.54, 1.807) is 0 Å². The van der Waals surface area contributed by atoms with Crippen LogP contribution in [0.2, 0.25) is 0 Å². The quantitative estimate of drug-likeness (QED) is 0.360. The Morgan fingerprint density at radius 3 is 1.42 bits per heavy atom. The van der Waals surface area contributed by atoms with Gasteiger partial charge in [-0.2, -0.15) is 0 Å². The van der Waals surface area contributed by atoms with Crippen molar-refractivity contribution in [3.63, 3.8) is 0 Å². The first-order chi connectivity index (χ1) is 12.7. The Labute approximate surface area is 158 Å². The standard InChI is InChI=1S/C24H30O2/c1-21(17-25-19-23-13-5-3-6-14-23)11-9-10-12-22(2)18-26-20-24-15-7-4-8-16-24/h3-8,11-16H,9-10,17-20H2,1-2H3/b21-11-,22-12-. The number of ether oxygens (including phenoxy) is 2. The molecule has 2 heteroatoms. The van der Waals surface area contributed by atoms with Gasteiger partial charge in [0.2, 0.25) is 0 Å². The third-order valence-corrected chi connectivity index (χ3v) is 4.03. The fourth-order valence-electron chi connectivity index (χ4n) is 2.59. The summed E-state index contributed by atoms with van der Waals surface area (Å²) in [6.45, 7) is 6.98. The van der Waals surface area contributed by atoms with Gasteiger partial charge in [-0.1, -0.05) is 84.0 Å². The van der Waals surface area contributed by atoms with Gasteiger partial charge in [0, 0.05) is 0 Å². The molecule has 0 saturated heterocycles. The van der Waals surface area contributed by atoms with E-state index in [0.717, 1.165) is 12.8 Å². The molecule has 0 N–H and O–H groups in total. The zero-order valence-corrected chi connectivity index (χ0v) is 16.0. The molecule has 2 aromatic carbocycles. The lowest BCUT2D eigenvalue weighted by Crippen LogP contribution is -1.97. The average Bonchev–Trinajstić information content (AvgIpc) is 2.67. The Kier molecular flexibility index (Phi) is 9.48. The molecule has 0 unspecified atom stereocenters. The zero-order chi connectivity index (χ0) is 18.5. The SMILES string of the molecule is C/C(=C/CC/C=C(/C)COCc1ccccc1)COCc1ccccc1. The summed E-state index contributed by atoms with van der Waals surface area (Å²) in [5, 5.41) is 0. The van der Waals surface area contributed by atoms with Crippen LogP contribution in [0.4, 0.5) is 0 Å². The molecule has 0 aromatic heterocycles. The van der Waals surface area contributed by atoms with Crippen LogP contribution in [0.15, 0.2) is 84.0 Å². The van der Waals surface area contributed by atoms with Crippen molar-refractivity contribution in [3.05, 3.63) is 95.1 Å². The molecular formula is C24H30O2. The van der Waals surface area contributed by atoms with E-state index in [4.69, 9.17) is 9.47 Å². The largest absolute Gasteiger partial charge is 0.372 e. The third-order valence-electron chi connectivity index (χ3n) is 4.03. The fraction of sp³-hybridized carbons (Fsp3) is 0.333. The van der Waals surface area contributed by atoms with E-state index in [9.17, 15) is 0 Å². The first-order valence-corrected chi connectivity index (χ1v) is 9.28. The van der Waals surface area contributed by atoms with Crippen molar-refractivity contribution in [1.29, 1.82) is 0 Å². The van der Waals surface area contributed by atoms with Gasteiger partial charge in [-0.05, 0) is 37.8 Å². The normalized spacial score (nSPS) is 12.4. The van der Waals surface area contributed by atoms with Gasteiger partial charge >= 0.3 is 0 Å². The number of benzene rings is 2. The van der Waals surface area contributed by atoms with Crippen LogP contribution in [0.25, 0.3) is 0 Å². The number of unbranched alkanes of at least 4 members (excludes halogenated alkanes) is 1. The zero-order valence-electron chi connectivity index (χ0n) is 16.0. The summed E-state index contributed by atoms with van der Waals surface area (Å²) in [5.74, 6) is 0. The molecule has 2 nitrogen and oxygen atoms in total. The van der Waals surface area contributed by atoms with Crippen LogP contribution in [0.3, 0.4) is 0 Å². The highest BCUT2D eigenvalue weighted by Crippen LogP contribution is 2.07. The van der Waals surface area contributed by atoms with Crippen LogP contribution in [0.1, 0.15) is 37.8 Å². The van der Waals surface area contributed by atoms with Crippen molar-refractivity contribution < 1.29 is 9.47 Å². The minimum absolute atomic E-state index is 0.670. The van der Waals surface area contributed by atoms with Crippen LogP contribution in [-0.2, 0) is 22.7 Å². The van der Waals surface area contributed by atoms with Crippen molar-refractivity contribution >= 4 is 0 Å². The molecule has 0 spiro atoms. The van der Waals surface area contributed by atoms with Gasteiger partial charge in [0.15, 0.2) is 0 Å². The van der Waals surface area contributed by atoms with Crippen molar-refractivity contribution in [2.75, 3.05) is 13.2 Å². The van der Waals surface area contributed by atoms with Crippen molar-refractivity contribution in [3.8, 4) is 0 Å². The molecule has 0 aliphatic heterocycles. The van der Waals surface area contributed by atoms with Gasteiger partial charge in [0.25, 0.3) is 0 Å². The molecule has 0 bridgehead atoms. The number of hydrogen-bond acceptors (Lipinski definition) is 2. The summed E-state index contributed by atoms with van der Waals surface area (Å²) < 4.78 is 11.5. The maximum atomic E-state index is 5.75. The fourth-order valence-corrected chi connectivity index (χ4v) is 2.59. The highest BCUT2D eigenvalue weighted by atomic mass is 16.5. The third kappa shape index (κ3) is 8.80. The molecular weight excluding hydrogens is 320 g/mol. The van der Waals surface area contributed by atoms with Crippen LogP contribution in [0.5, 0.6) is 0 Å². The van der Waals surface area contributed by atoms with E-state index in [2.05, 4.69) is 50.3 Å². The monoisotopic (exact) mass is 350 g/mol. The predicted molar refractivity (Wildman–Crippen MR) is 109 cm³/mol. The first kappa shape index (κ1) is 20.2. The van der Waals surface area contributed by atoms with E-state index in [0.29, 0.717) is 26.4 Å². The summed E-state index contributed by atoms with van der Waals surface area (Å²) in [7, 11) is 0. The minimum Gasteiger partial charge on any atom is -0.372 e. The molecule has 0 saturated carbocycles. The van der Waals surface area contributed by atoms with E-state index >= 15 is 0 Å². The van der Waals surface area contributed by atoms with E-state index in [-0.39, 0.29) is 0 Å². The highest BCUT2D eigenvalue weighted by molar-refractivity contribution is 5.14. The molecule has 138 valence electrons. The maximum absolute atomic E-state index is 5.75. The molecule has 26 heavy (non-hydrogen) atoms. The van der Waals surface area contributed by atoms with Crippen molar-refractivity contribution in [1.82, 2.24) is 0 Å². The lowest BCUT2D eigenvalue weighted by atomic mass is 10.1. The smallest absolute Gasteiger partial charge is 0.0721 e. The molecule has 0 atom stereocenters. The minimum atomic E-state index is 0.670. The molecule has 2 aromatic rings. The molecule has 0 amide bonds. The Morgan fingerprint density at radius 2 is 1.04 bits per heavy atom. The Hall–Kier alpha value is -2.16. The van der Waals surface area contributed by atoms with Crippen LogP contribution >= 0.6 is 0 Å². The second-order valence-electron chi connectivity index (χ2n) is 6.64. The second-order valence-corrected chi connectivity index (χ2v) is 6.64. The Morgan fingerprint density at radius 1 is 0.654 bits per heavy atom. The summed E-state index contributed by atoms with van der Waals surface area (Å²) in [5.41, 5.74) is 5.00. The van der Waals surface area contributed by atoms with Crippen LogP contribution in [-0.4, -0.2) is 13.2 Å². The van der Waals surface area contributed by atoms with Gasteiger partial charge in [-0.25, -0.2) is 0 Å². The summed E-state index contributed by atoms with van der Waals surface area (Å²) in [6, 6.07) is 20.6. The highest BCUT2D eigenvalue weighted by Gasteiger charge is 1.95. The lowest BCUT2D eigenvalue weighted by Gasteiger charge is -2.05. The number of allylic oxidation sites excluding steroid dienone is 2. The van der Waals surface area contributed by atoms with Crippen LogP contribution < -0.4 is 0 Å². The van der Waals surface area contributed by atoms with Crippen molar-refractivity contribution in [2.45, 2.75) is 39.9 Å². The van der Waals surface area contributed by atoms with Gasteiger partial charge < -0.3 is 9.47 Å². The van der Waals surface area contributed by atoms with E-state index < -0.39 is 0 Å².